The Morgan fingerprint density at radius 3 is 2.68 bits per heavy atom. The minimum Gasteiger partial charge on any atom is -0.294 e. The summed E-state index contributed by atoms with van der Waals surface area (Å²) in [6, 6.07) is 6.81. The van der Waals surface area contributed by atoms with Crippen LogP contribution in [0.2, 0.25) is 5.02 Å². The first-order chi connectivity index (χ1) is 9.04. The summed E-state index contributed by atoms with van der Waals surface area (Å²) in [6.07, 6.45) is 0.164. The predicted molar refractivity (Wildman–Crippen MR) is 70.0 cm³/mol. The molecule has 0 unspecified atom stereocenters. The molecular formula is C14H7ClF2OS. The van der Waals surface area contributed by atoms with Gasteiger partial charge in [-0.3, -0.25) is 4.79 Å². The highest BCUT2D eigenvalue weighted by Crippen LogP contribution is 2.39. The van der Waals surface area contributed by atoms with Gasteiger partial charge in [-0.25, -0.2) is 8.78 Å². The smallest absolute Gasteiger partial charge is 0.168 e. The van der Waals surface area contributed by atoms with Gasteiger partial charge in [0.25, 0.3) is 0 Å². The van der Waals surface area contributed by atoms with E-state index in [1.54, 1.807) is 6.07 Å². The van der Waals surface area contributed by atoms with Gasteiger partial charge in [-0.15, -0.1) is 0 Å². The zero-order valence-electron chi connectivity index (χ0n) is 9.54. The minimum atomic E-state index is -0.583. The third kappa shape index (κ3) is 2.26. The van der Waals surface area contributed by atoms with Crippen LogP contribution in [0.1, 0.15) is 15.9 Å². The van der Waals surface area contributed by atoms with E-state index in [4.69, 9.17) is 11.6 Å². The van der Waals surface area contributed by atoms with E-state index in [1.807, 2.05) is 0 Å². The maximum Gasteiger partial charge on any atom is 0.168 e. The summed E-state index contributed by atoms with van der Waals surface area (Å²) in [5.74, 6) is -1.10. The van der Waals surface area contributed by atoms with Crippen LogP contribution >= 0.6 is 23.4 Å². The van der Waals surface area contributed by atoms with Crippen LogP contribution < -0.4 is 0 Å². The van der Waals surface area contributed by atoms with E-state index in [0.29, 0.717) is 15.4 Å². The largest absolute Gasteiger partial charge is 0.294 e. The van der Waals surface area contributed by atoms with Gasteiger partial charge in [-0.1, -0.05) is 29.4 Å². The van der Waals surface area contributed by atoms with E-state index in [0.717, 1.165) is 5.56 Å². The molecule has 0 fully saturated rings. The van der Waals surface area contributed by atoms with Crippen LogP contribution in [-0.4, -0.2) is 5.78 Å². The maximum absolute atomic E-state index is 13.5. The fourth-order valence-corrected chi connectivity index (χ4v) is 3.28. The van der Waals surface area contributed by atoms with E-state index >= 15 is 0 Å². The maximum atomic E-state index is 13.5. The van der Waals surface area contributed by atoms with Gasteiger partial charge >= 0.3 is 0 Å². The Labute approximate surface area is 117 Å². The summed E-state index contributed by atoms with van der Waals surface area (Å²) in [5, 5.41) is -0.0789. The molecule has 96 valence electrons. The highest BCUT2D eigenvalue weighted by Gasteiger charge is 2.22. The molecule has 0 N–H and O–H groups in total. The Morgan fingerprint density at radius 1 is 1.11 bits per heavy atom. The van der Waals surface area contributed by atoms with Crippen molar-refractivity contribution >= 4 is 29.1 Å². The second-order valence-corrected chi connectivity index (χ2v) is 5.71. The molecule has 1 aliphatic heterocycles. The van der Waals surface area contributed by atoms with Crippen molar-refractivity contribution in [2.24, 2.45) is 0 Å². The second-order valence-electron chi connectivity index (χ2n) is 4.22. The fraction of sp³-hybridized carbons (Fsp3) is 0.0714. The topological polar surface area (TPSA) is 17.1 Å². The lowest BCUT2D eigenvalue weighted by atomic mass is 10.0. The Morgan fingerprint density at radius 2 is 1.89 bits per heavy atom. The van der Waals surface area contributed by atoms with Gasteiger partial charge in [-0.05, 0) is 29.8 Å². The van der Waals surface area contributed by atoms with Gasteiger partial charge in [0.15, 0.2) is 5.78 Å². The average molecular weight is 297 g/mol. The Balaban J connectivity index is 2.19. The highest BCUT2D eigenvalue weighted by molar-refractivity contribution is 7.99. The van der Waals surface area contributed by atoms with Gasteiger partial charge in [0, 0.05) is 21.8 Å². The molecule has 1 heterocycles. The normalized spacial score (nSPS) is 13.7. The first kappa shape index (κ1) is 12.6. The number of benzene rings is 2. The van der Waals surface area contributed by atoms with Crippen molar-refractivity contribution in [1.29, 1.82) is 0 Å². The summed E-state index contributed by atoms with van der Waals surface area (Å²) < 4.78 is 26.7. The molecule has 0 spiro atoms. The van der Waals surface area contributed by atoms with Crippen LogP contribution in [0.5, 0.6) is 0 Å². The molecule has 0 aliphatic carbocycles. The molecule has 0 aromatic heterocycles. The molecule has 0 amide bonds. The Bertz CT molecular complexity index is 700. The molecule has 0 bridgehead atoms. The van der Waals surface area contributed by atoms with E-state index in [9.17, 15) is 13.6 Å². The monoisotopic (exact) mass is 296 g/mol. The van der Waals surface area contributed by atoms with Crippen molar-refractivity contribution in [1.82, 2.24) is 0 Å². The van der Waals surface area contributed by atoms with Crippen LogP contribution in [0, 0.1) is 11.6 Å². The lowest BCUT2D eigenvalue weighted by Gasteiger charge is -2.06. The molecule has 0 saturated carbocycles. The number of carbonyl (C=O) groups is 1. The zero-order valence-corrected chi connectivity index (χ0v) is 11.1. The zero-order chi connectivity index (χ0) is 13.6. The van der Waals surface area contributed by atoms with Crippen LogP contribution in [0.25, 0.3) is 0 Å². The summed E-state index contributed by atoms with van der Waals surface area (Å²) in [7, 11) is 0. The molecule has 0 atom stereocenters. The molecule has 3 rings (SSSR count). The van der Waals surface area contributed by atoms with Crippen molar-refractivity contribution in [3.05, 3.63) is 58.1 Å². The number of carbonyl (C=O) groups excluding carboxylic acids is 1. The molecule has 5 heteroatoms. The van der Waals surface area contributed by atoms with Gasteiger partial charge in [-0.2, -0.15) is 0 Å². The van der Waals surface area contributed by atoms with Gasteiger partial charge in [0.05, 0.1) is 5.02 Å². The first-order valence-electron chi connectivity index (χ1n) is 5.53. The molecule has 2 aromatic carbocycles. The number of hydrogen-bond acceptors (Lipinski definition) is 2. The number of rotatable bonds is 0. The summed E-state index contributed by atoms with van der Waals surface area (Å²) in [5.41, 5.74) is 1.12. The number of halogens is 3. The summed E-state index contributed by atoms with van der Waals surface area (Å²) in [4.78, 5) is 13.2. The molecule has 2 aromatic rings. The van der Waals surface area contributed by atoms with Crippen LogP contribution in [0.15, 0.2) is 40.1 Å². The van der Waals surface area contributed by atoms with Crippen molar-refractivity contribution in [3.63, 3.8) is 0 Å². The van der Waals surface area contributed by atoms with Crippen molar-refractivity contribution in [3.8, 4) is 0 Å². The number of ketones is 1. The quantitative estimate of drug-likeness (QED) is 0.711. The van der Waals surface area contributed by atoms with Gasteiger partial charge < -0.3 is 0 Å². The number of Topliss-reactive ketones (excluding diaryl/α,β-unsaturated/α-hetero) is 1. The SMILES string of the molecule is O=C1Cc2ccc(F)cc2Sc2cc(F)c(Cl)cc21. The average Bonchev–Trinajstić information content (AvgIpc) is 2.48. The summed E-state index contributed by atoms with van der Waals surface area (Å²) >= 11 is 6.89. The van der Waals surface area contributed by atoms with Crippen molar-refractivity contribution in [2.75, 3.05) is 0 Å². The van der Waals surface area contributed by atoms with Gasteiger partial charge in [0.2, 0.25) is 0 Å². The lowest BCUT2D eigenvalue weighted by Crippen LogP contribution is -2.03. The lowest BCUT2D eigenvalue weighted by molar-refractivity contribution is 0.0990. The van der Waals surface area contributed by atoms with E-state index < -0.39 is 5.82 Å². The standard InChI is InChI=1S/C14H7ClF2OS/c15-10-5-9-12(18)3-7-1-2-8(16)4-13(7)19-14(9)6-11(10)17/h1-2,4-6H,3H2. The summed E-state index contributed by atoms with van der Waals surface area (Å²) in [6.45, 7) is 0. The first-order valence-corrected chi connectivity index (χ1v) is 6.72. The van der Waals surface area contributed by atoms with E-state index in [2.05, 4.69) is 0 Å². The fourth-order valence-electron chi connectivity index (χ4n) is 1.99. The Kier molecular flexibility index (Phi) is 3.07. The third-order valence-electron chi connectivity index (χ3n) is 2.92. The molecule has 19 heavy (non-hydrogen) atoms. The van der Waals surface area contributed by atoms with Crippen molar-refractivity contribution < 1.29 is 13.6 Å². The number of fused-ring (bicyclic) bond motifs is 2. The highest BCUT2D eigenvalue weighted by atomic mass is 35.5. The van der Waals surface area contributed by atoms with E-state index in [1.165, 1.54) is 36.0 Å². The molecular weight excluding hydrogens is 290 g/mol. The van der Waals surface area contributed by atoms with Crippen molar-refractivity contribution in [2.45, 2.75) is 16.2 Å². The van der Waals surface area contributed by atoms with E-state index in [-0.39, 0.29) is 23.0 Å². The molecule has 1 nitrogen and oxygen atoms in total. The molecule has 0 saturated heterocycles. The van der Waals surface area contributed by atoms with Crippen LogP contribution in [0.4, 0.5) is 8.78 Å². The molecule has 0 radical (unpaired) electrons. The van der Waals surface area contributed by atoms with Crippen LogP contribution in [0.3, 0.4) is 0 Å². The third-order valence-corrected chi connectivity index (χ3v) is 4.37. The van der Waals surface area contributed by atoms with Gasteiger partial charge in [0.1, 0.15) is 11.6 Å². The minimum absolute atomic E-state index is 0.0789. The Hall–Kier alpha value is -1.39. The van der Waals surface area contributed by atoms with Crippen LogP contribution in [-0.2, 0) is 6.42 Å². The molecule has 1 aliphatic rings. The second kappa shape index (κ2) is 4.62. The number of hydrogen-bond donors (Lipinski definition) is 0. The predicted octanol–water partition coefficient (Wildman–Crippen LogP) is 4.51.